The normalized spacial score (nSPS) is 21.5. The van der Waals surface area contributed by atoms with E-state index in [0.29, 0.717) is 24.2 Å². The van der Waals surface area contributed by atoms with Gasteiger partial charge >= 0.3 is 5.69 Å². The van der Waals surface area contributed by atoms with Crippen molar-refractivity contribution in [2.24, 2.45) is 11.8 Å². The summed E-state index contributed by atoms with van der Waals surface area (Å²) >= 11 is 0. The van der Waals surface area contributed by atoms with Crippen molar-refractivity contribution in [2.75, 3.05) is 35.6 Å². The summed E-state index contributed by atoms with van der Waals surface area (Å²) in [5.41, 5.74) is 5.57. The lowest BCUT2D eigenvalue weighted by Gasteiger charge is -2.35. The van der Waals surface area contributed by atoms with Gasteiger partial charge in [-0.1, -0.05) is 19.9 Å². The lowest BCUT2D eigenvalue weighted by molar-refractivity contribution is -0.383. The summed E-state index contributed by atoms with van der Waals surface area (Å²) in [6.45, 7) is 9.79. The van der Waals surface area contributed by atoms with Crippen molar-refractivity contribution in [2.45, 2.75) is 20.3 Å². The van der Waals surface area contributed by atoms with E-state index in [0.717, 1.165) is 19.5 Å². The number of anilines is 3. The van der Waals surface area contributed by atoms with E-state index >= 15 is 0 Å². The Kier molecular flexibility index (Phi) is 4.79. The van der Waals surface area contributed by atoms with Crippen molar-refractivity contribution in [3.8, 4) is 0 Å². The first-order chi connectivity index (χ1) is 10.4. The molecule has 1 aliphatic rings. The van der Waals surface area contributed by atoms with Gasteiger partial charge in [0.1, 0.15) is 0 Å². The summed E-state index contributed by atoms with van der Waals surface area (Å²) < 4.78 is 0. The maximum absolute atomic E-state index is 11.4. The summed E-state index contributed by atoms with van der Waals surface area (Å²) in [5, 5.41) is 14.3. The maximum Gasteiger partial charge on any atom is 0.353 e. The highest BCUT2D eigenvalue weighted by molar-refractivity contribution is 5.71. The molecule has 0 saturated carbocycles. The molecule has 0 spiro atoms. The molecule has 2 heterocycles. The zero-order chi connectivity index (χ0) is 16.3. The molecule has 0 aliphatic carbocycles. The standard InChI is InChI=1S/C14H22N6O2/c1-4-5-16-14-17-12(15)11(20(21)22)13(18-14)19-7-9(2)6-10(3)8-19/h4,9-10H,1,5-8H2,2-3H3,(H3,15,16,17,18)/t9-,10+. The summed E-state index contributed by atoms with van der Waals surface area (Å²) in [5.74, 6) is 1.35. The molecule has 8 nitrogen and oxygen atoms in total. The van der Waals surface area contributed by atoms with Crippen LogP contribution in [0, 0.1) is 22.0 Å². The number of piperidine rings is 1. The van der Waals surface area contributed by atoms with Crippen LogP contribution in [-0.4, -0.2) is 34.5 Å². The predicted molar refractivity (Wildman–Crippen MR) is 86.9 cm³/mol. The molecule has 0 bridgehead atoms. The van der Waals surface area contributed by atoms with E-state index in [9.17, 15) is 10.1 Å². The van der Waals surface area contributed by atoms with Crippen LogP contribution in [0.4, 0.5) is 23.3 Å². The highest BCUT2D eigenvalue weighted by Crippen LogP contribution is 2.35. The molecule has 3 N–H and O–H groups in total. The maximum atomic E-state index is 11.4. The zero-order valence-corrected chi connectivity index (χ0v) is 13.0. The lowest BCUT2D eigenvalue weighted by Crippen LogP contribution is -2.39. The van der Waals surface area contributed by atoms with Crippen LogP contribution in [0.25, 0.3) is 0 Å². The van der Waals surface area contributed by atoms with Gasteiger partial charge in [-0.2, -0.15) is 9.97 Å². The molecule has 0 unspecified atom stereocenters. The number of hydrogen-bond donors (Lipinski definition) is 2. The average Bonchev–Trinajstić information content (AvgIpc) is 2.42. The lowest BCUT2D eigenvalue weighted by atomic mass is 9.92. The van der Waals surface area contributed by atoms with E-state index in [2.05, 4.69) is 35.7 Å². The Balaban J connectivity index is 2.43. The van der Waals surface area contributed by atoms with Crippen LogP contribution in [0.5, 0.6) is 0 Å². The highest BCUT2D eigenvalue weighted by Gasteiger charge is 2.31. The third-order valence-electron chi connectivity index (χ3n) is 3.65. The fourth-order valence-electron chi connectivity index (χ4n) is 2.93. The van der Waals surface area contributed by atoms with Crippen molar-refractivity contribution in [1.29, 1.82) is 0 Å². The molecular formula is C14H22N6O2. The van der Waals surface area contributed by atoms with Crippen molar-refractivity contribution in [3.05, 3.63) is 22.8 Å². The number of hydrogen-bond acceptors (Lipinski definition) is 7. The number of nitrogens with zero attached hydrogens (tertiary/aromatic N) is 4. The molecule has 1 aromatic heterocycles. The van der Waals surface area contributed by atoms with Crippen molar-refractivity contribution >= 4 is 23.3 Å². The summed E-state index contributed by atoms with van der Waals surface area (Å²) in [6.07, 6.45) is 2.76. The van der Waals surface area contributed by atoms with Crippen LogP contribution in [0.1, 0.15) is 20.3 Å². The molecule has 1 aromatic rings. The number of aromatic nitrogens is 2. The van der Waals surface area contributed by atoms with Crippen molar-refractivity contribution < 1.29 is 4.92 Å². The molecule has 0 radical (unpaired) electrons. The second kappa shape index (κ2) is 6.59. The van der Waals surface area contributed by atoms with Crippen molar-refractivity contribution in [3.63, 3.8) is 0 Å². The molecular weight excluding hydrogens is 284 g/mol. The van der Waals surface area contributed by atoms with Crippen LogP contribution in [0.15, 0.2) is 12.7 Å². The van der Waals surface area contributed by atoms with Gasteiger partial charge in [-0.25, -0.2) is 0 Å². The predicted octanol–water partition coefficient (Wildman–Crippen LogP) is 2.05. The largest absolute Gasteiger partial charge is 0.378 e. The van der Waals surface area contributed by atoms with Gasteiger partial charge in [0.2, 0.25) is 17.6 Å². The Morgan fingerprint density at radius 3 is 2.64 bits per heavy atom. The third kappa shape index (κ3) is 3.44. The monoisotopic (exact) mass is 306 g/mol. The fourth-order valence-corrected chi connectivity index (χ4v) is 2.93. The fraction of sp³-hybridized carbons (Fsp3) is 0.571. The first-order valence-electron chi connectivity index (χ1n) is 7.34. The molecule has 1 fully saturated rings. The molecule has 2 rings (SSSR count). The Labute approximate surface area is 129 Å². The molecule has 22 heavy (non-hydrogen) atoms. The zero-order valence-electron chi connectivity index (χ0n) is 13.0. The SMILES string of the molecule is C=CCNc1nc(N)c([N+](=O)[O-])c(N2C[C@H](C)C[C@H](C)C2)n1. The van der Waals surface area contributed by atoms with Crippen molar-refractivity contribution in [1.82, 2.24) is 9.97 Å². The van der Waals surface area contributed by atoms with Gasteiger partial charge in [0.25, 0.3) is 0 Å². The van der Waals surface area contributed by atoms with Gasteiger partial charge in [-0.15, -0.1) is 6.58 Å². The van der Waals surface area contributed by atoms with E-state index in [-0.39, 0.29) is 17.5 Å². The molecule has 1 aliphatic heterocycles. The molecule has 120 valence electrons. The third-order valence-corrected chi connectivity index (χ3v) is 3.65. The minimum atomic E-state index is -0.508. The van der Waals surface area contributed by atoms with E-state index in [4.69, 9.17) is 5.73 Å². The van der Waals surface area contributed by atoms with Gasteiger partial charge in [-0.3, -0.25) is 10.1 Å². The number of nitro groups is 1. The Morgan fingerprint density at radius 1 is 1.45 bits per heavy atom. The van der Waals surface area contributed by atoms with E-state index < -0.39 is 4.92 Å². The second-order valence-electron chi connectivity index (χ2n) is 5.88. The second-order valence-corrected chi connectivity index (χ2v) is 5.88. The number of nitrogens with one attached hydrogen (secondary N) is 1. The average molecular weight is 306 g/mol. The number of nitrogen functional groups attached to an aromatic ring is 1. The summed E-state index contributed by atoms with van der Waals surface area (Å²) in [7, 11) is 0. The quantitative estimate of drug-likeness (QED) is 0.486. The Bertz CT molecular complexity index is 567. The highest BCUT2D eigenvalue weighted by atomic mass is 16.6. The van der Waals surface area contributed by atoms with Gasteiger partial charge in [0, 0.05) is 19.6 Å². The molecule has 0 amide bonds. The topological polar surface area (TPSA) is 110 Å². The van der Waals surface area contributed by atoms with E-state index in [1.165, 1.54) is 0 Å². The minimum absolute atomic E-state index is 0.118. The number of rotatable bonds is 5. The first kappa shape index (κ1) is 16.0. The smallest absolute Gasteiger partial charge is 0.353 e. The van der Waals surface area contributed by atoms with Crippen LogP contribution in [-0.2, 0) is 0 Å². The summed E-state index contributed by atoms with van der Waals surface area (Å²) in [6, 6.07) is 0. The Hall–Kier alpha value is -2.38. The van der Waals surface area contributed by atoms with E-state index in [1.54, 1.807) is 6.08 Å². The van der Waals surface area contributed by atoms with Gasteiger partial charge in [0.15, 0.2) is 0 Å². The molecule has 2 atom stereocenters. The minimum Gasteiger partial charge on any atom is -0.378 e. The molecule has 8 heteroatoms. The van der Waals surface area contributed by atoms with Gasteiger partial charge < -0.3 is 16.0 Å². The Morgan fingerprint density at radius 2 is 2.09 bits per heavy atom. The van der Waals surface area contributed by atoms with Crippen LogP contribution in [0.3, 0.4) is 0 Å². The van der Waals surface area contributed by atoms with Gasteiger partial charge in [0.05, 0.1) is 4.92 Å². The van der Waals surface area contributed by atoms with E-state index in [1.807, 2.05) is 4.90 Å². The first-order valence-corrected chi connectivity index (χ1v) is 7.34. The molecule has 0 aromatic carbocycles. The van der Waals surface area contributed by atoms with Crippen LogP contribution in [0.2, 0.25) is 0 Å². The van der Waals surface area contributed by atoms with Gasteiger partial charge in [-0.05, 0) is 18.3 Å². The molecule has 1 saturated heterocycles. The number of nitrogens with two attached hydrogens (primary N) is 1. The summed E-state index contributed by atoms with van der Waals surface area (Å²) in [4.78, 5) is 21.1. The van der Waals surface area contributed by atoms with Crippen LogP contribution >= 0.6 is 0 Å². The van der Waals surface area contributed by atoms with Crippen LogP contribution < -0.4 is 16.0 Å².